The van der Waals surface area contributed by atoms with Crippen molar-refractivity contribution in [2.75, 3.05) is 35.5 Å². The van der Waals surface area contributed by atoms with E-state index in [2.05, 4.69) is 6.58 Å². The summed E-state index contributed by atoms with van der Waals surface area (Å²) in [6, 6.07) is 25.0. The Bertz CT molecular complexity index is 1910. The third-order valence-corrected chi connectivity index (χ3v) is 6.96. The molecule has 0 aliphatic carbocycles. The van der Waals surface area contributed by atoms with E-state index in [1.165, 1.54) is 78.9 Å². The van der Waals surface area contributed by atoms with E-state index < -0.39 is 5.97 Å². The fourth-order valence-electron chi connectivity index (χ4n) is 3.98. The first kappa shape index (κ1) is 46.0. The number of aliphatic hydroxyl groups excluding tert-OH is 1. The fourth-order valence-corrected chi connectivity index (χ4v) is 3.98. The van der Waals surface area contributed by atoms with E-state index in [1.54, 1.807) is 66.7 Å². The number of para-hydroxylation sites is 2. The number of carbonyl (C=O) groups excluding carboxylic acids is 1. The topological polar surface area (TPSA) is 222 Å². The predicted octanol–water partition coefficient (Wildman–Crippen LogP) is 7.04. The lowest BCUT2D eigenvalue weighted by atomic mass is 10.1. The van der Waals surface area contributed by atoms with E-state index in [0.717, 1.165) is 11.1 Å². The molecule has 0 aromatic heterocycles. The number of carboxylic acids is 1. The Kier molecular flexibility index (Phi) is 20.2. The molecule has 5 aromatic carbocycles. The van der Waals surface area contributed by atoms with Crippen molar-refractivity contribution in [1.29, 1.82) is 0 Å². The van der Waals surface area contributed by atoms with E-state index in [0.29, 0.717) is 28.6 Å². The molecule has 0 fully saturated rings. The number of hydrogen-bond donors (Lipinski definition) is 7. The van der Waals surface area contributed by atoms with Gasteiger partial charge in [0.05, 0.1) is 47.7 Å². The molecule has 0 bridgehead atoms. The van der Waals surface area contributed by atoms with Crippen LogP contribution in [0.2, 0.25) is 0 Å². The largest absolute Gasteiger partial charge is 0.504 e. The standard InChI is InChI=1S/C9H10O3.C9H10O2.C8H8O4.C8H10O3.C7H8O2/c1-6(10)7-3-4-8(11)9(5-7)12-2;1-3-7-4-5-8(10)9(6-7)11-2;1-12-7-4-5(8(10)11)2-3-6(7)9;1-11-8-4-6(5-9)2-3-7(8)10;1-9-7-5-3-2-4-6(7)8/h3-5,11H,1-2H3;3-6,10H,1H2,2H3;2-4,9H,1H3,(H,10,11);2-4,9-10H,5H2,1H3;2-5,8H,1H3. The van der Waals surface area contributed by atoms with Crippen molar-refractivity contribution in [3.05, 3.63) is 126 Å². The number of benzene rings is 5. The van der Waals surface area contributed by atoms with Crippen LogP contribution >= 0.6 is 0 Å². The second-order valence-corrected chi connectivity index (χ2v) is 10.6. The average Bonchev–Trinajstić information content (AvgIpc) is 3.19. The maximum atomic E-state index is 10.9. The van der Waals surface area contributed by atoms with Crippen molar-refractivity contribution >= 4 is 17.8 Å². The number of ketones is 1. The lowest BCUT2D eigenvalue weighted by Crippen LogP contribution is -1.96. The number of carbonyl (C=O) groups is 2. The van der Waals surface area contributed by atoms with Crippen molar-refractivity contribution in [2.45, 2.75) is 13.5 Å². The first-order valence-electron chi connectivity index (χ1n) is 16.0. The molecule has 0 aliphatic rings. The molecule has 5 aromatic rings. The summed E-state index contributed by atoms with van der Waals surface area (Å²) < 4.78 is 24.1. The number of ether oxygens (including phenoxy) is 5. The van der Waals surface area contributed by atoms with Crippen LogP contribution in [0.4, 0.5) is 0 Å². The van der Waals surface area contributed by atoms with E-state index in [1.807, 2.05) is 0 Å². The van der Waals surface area contributed by atoms with Crippen molar-refractivity contribution in [3.63, 3.8) is 0 Å². The molecular weight excluding hydrogens is 716 g/mol. The molecule has 7 N–H and O–H groups in total. The zero-order chi connectivity index (χ0) is 41.5. The molecule has 14 nitrogen and oxygen atoms in total. The van der Waals surface area contributed by atoms with Gasteiger partial charge >= 0.3 is 5.97 Å². The van der Waals surface area contributed by atoms with Gasteiger partial charge in [-0.2, -0.15) is 0 Å². The van der Waals surface area contributed by atoms with Crippen LogP contribution in [-0.4, -0.2) is 83.0 Å². The van der Waals surface area contributed by atoms with Crippen LogP contribution < -0.4 is 23.7 Å². The Morgan fingerprint density at radius 2 is 0.945 bits per heavy atom. The maximum Gasteiger partial charge on any atom is 0.335 e. The molecule has 0 radical (unpaired) electrons. The van der Waals surface area contributed by atoms with Gasteiger partial charge in [-0.15, -0.1) is 0 Å². The van der Waals surface area contributed by atoms with Gasteiger partial charge in [0, 0.05) is 5.56 Å². The smallest absolute Gasteiger partial charge is 0.335 e. The minimum absolute atomic E-state index is 0.0440. The van der Waals surface area contributed by atoms with Crippen LogP contribution in [0, 0.1) is 0 Å². The quantitative estimate of drug-likeness (QED) is 0.0749. The molecule has 0 unspecified atom stereocenters. The van der Waals surface area contributed by atoms with E-state index in [4.69, 9.17) is 49.2 Å². The zero-order valence-corrected chi connectivity index (χ0v) is 31.2. The number of Topliss-reactive ketones (excluding diaryl/α,β-unsaturated/α-hetero) is 1. The number of hydrogen-bond acceptors (Lipinski definition) is 13. The number of aromatic hydroxyl groups is 5. The molecule has 0 saturated carbocycles. The van der Waals surface area contributed by atoms with Crippen LogP contribution in [-0.2, 0) is 6.61 Å². The fraction of sp³-hybridized carbons (Fsp3) is 0.171. The lowest BCUT2D eigenvalue weighted by molar-refractivity contribution is 0.0696. The molecule has 0 atom stereocenters. The number of aliphatic hydroxyl groups is 1. The Hall–Kier alpha value is -7.06. The highest BCUT2D eigenvalue weighted by atomic mass is 16.5. The second-order valence-electron chi connectivity index (χ2n) is 10.6. The molecule has 14 heteroatoms. The molecule has 0 aliphatic heterocycles. The molecule has 0 heterocycles. The molecule has 5 rings (SSSR count). The second kappa shape index (κ2) is 24.2. The Morgan fingerprint density at radius 1 is 0.545 bits per heavy atom. The predicted molar refractivity (Wildman–Crippen MR) is 206 cm³/mol. The van der Waals surface area contributed by atoms with Crippen molar-refractivity contribution < 1.29 is 69.0 Å². The van der Waals surface area contributed by atoms with Crippen LogP contribution in [0.25, 0.3) is 6.08 Å². The van der Waals surface area contributed by atoms with Crippen LogP contribution in [0.15, 0.2) is 104 Å². The van der Waals surface area contributed by atoms with Gasteiger partial charge in [-0.25, -0.2) is 4.79 Å². The van der Waals surface area contributed by atoms with Gasteiger partial charge in [0.1, 0.15) is 0 Å². The van der Waals surface area contributed by atoms with Gasteiger partial charge in [-0.05, 0) is 90.8 Å². The van der Waals surface area contributed by atoms with E-state index in [-0.39, 0.29) is 52.5 Å². The van der Waals surface area contributed by atoms with Gasteiger partial charge in [0.15, 0.2) is 63.3 Å². The highest BCUT2D eigenvalue weighted by Gasteiger charge is 2.07. The summed E-state index contributed by atoms with van der Waals surface area (Å²) in [7, 11) is 7.31. The average molecular weight is 763 g/mol. The zero-order valence-electron chi connectivity index (χ0n) is 31.2. The van der Waals surface area contributed by atoms with E-state index >= 15 is 0 Å². The van der Waals surface area contributed by atoms with Crippen molar-refractivity contribution in [3.8, 4) is 57.5 Å². The third kappa shape index (κ3) is 15.6. The van der Waals surface area contributed by atoms with Crippen LogP contribution in [0.5, 0.6) is 57.5 Å². The van der Waals surface area contributed by atoms with Crippen LogP contribution in [0.3, 0.4) is 0 Å². The van der Waals surface area contributed by atoms with Crippen molar-refractivity contribution in [1.82, 2.24) is 0 Å². The SMILES string of the molecule is C=Cc1ccc(O)c(OC)c1.COc1cc(C(=O)O)ccc1O.COc1cc(C(C)=O)ccc1O.COc1cc(CO)ccc1O.COc1ccccc1O. The van der Waals surface area contributed by atoms with Gasteiger partial charge in [-0.3, -0.25) is 4.79 Å². The molecule has 0 spiro atoms. The number of methoxy groups -OCH3 is 5. The Morgan fingerprint density at radius 3 is 1.36 bits per heavy atom. The summed E-state index contributed by atoms with van der Waals surface area (Å²) in [5.41, 5.74) is 2.27. The maximum absolute atomic E-state index is 10.9. The summed E-state index contributed by atoms with van der Waals surface area (Å²) in [5.74, 6) is 1.16. The summed E-state index contributed by atoms with van der Waals surface area (Å²) in [6.07, 6.45) is 1.70. The highest BCUT2D eigenvalue weighted by molar-refractivity contribution is 5.94. The van der Waals surface area contributed by atoms with Gasteiger partial charge in [0.25, 0.3) is 0 Å². The minimum atomic E-state index is -1.05. The third-order valence-electron chi connectivity index (χ3n) is 6.96. The van der Waals surface area contributed by atoms with E-state index in [9.17, 15) is 19.8 Å². The Balaban J connectivity index is 0.000000345. The number of carboxylic acid groups (broad SMARTS) is 1. The number of phenols is 5. The Labute approximate surface area is 318 Å². The summed E-state index contributed by atoms with van der Waals surface area (Å²) >= 11 is 0. The minimum Gasteiger partial charge on any atom is -0.504 e. The van der Waals surface area contributed by atoms with Gasteiger partial charge in [-0.1, -0.05) is 36.9 Å². The first-order valence-corrected chi connectivity index (χ1v) is 16.0. The summed E-state index contributed by atoms with van der Waals surface area (Å²) in [5, 5.41) is 62.8. The van der Waals surface area contributed by atoms with Gasteiger partial charge in [0.2, 0.25) is 0 Å². The number of phenolic OH excluding ortho intramolecular Hbond substituents is 5. The monoisotopic (exact) mass is 762 g/mol. The number of aromatic carboxylic acids is 1. The lowest BCUT2D eigenvalue weighted by Gasteiger charge is -2.03. The molecule has 0 saturated heterocycles. The highest BCUT2D eigenvalue weighted by Crippen LogP contribution is 2.29. The molecular formula is C41H46O14. The summed E-state index contributed by atoms with van der Waals surface area (Å²) in [6.45, 7) is 5.02. The molecule has 294 valence electrons. The molecule has 0 amide bonds. The normalized spacial score (nSPS) is 9.36. The van der Waals surface area contributed by atoms with Crippen LogP contribution in [0.1, 0.15) is 38.8 Å². The number of rotatable bonds is 9. The summed E-state index contributed by atoms with van der Waals surface area (Å²) in [4.78, 5) is 21.3. The molecule has 55 heavy (non-hydrogen) atoms. The van der Waals surface area contributed by atoms with Gasteiger partial charge < -0.3 is 59.4 Å². The van der Waals surface area contributed by atoms with Crippen molar-refractivity contribution in [2.24, 2.45) is 0 Å². The first-order chi connectivity index (χ1) is 26.2.